The molecule has 1 aromatic rings. The number of unbranched alkanes of at least 4 members (excludes halogenated alkanes) is 1. The van der Waals surface area contributed by atoms with E-state index in [0.29, 0.717) is 0 Å². The highest BCUT2D eigenvalue weighted by atomic mass is 127. The molecule has 1 saturated heterocycles. The Morgan fingerprint density at radius 2 is 1.81 bits per heavy atom. The fourth-order valence-corrected chi connectivity index (χ4v) is 4.11. The van der Waals surface area contributed by atoms with Crippen molar-refractivity contribution in [3.63, 3.8) is 0 Å². The van der Waals surface area contributed by atoms with Crippen LogP contribution < -0.4 is 10.6 Å². The summed E-state index contributed by atoms with van der Waals surface area (Å²) in [7, 11) is 3.82. The number of guanidine groups is 1. The van der Waals surface area contributed by atoms with Gasteiger partial charge in [-0.25, -0.2) is 0 Å². The van der Waals surface area contributed by atoms with Crippen molar-refractivity contribution in [2.75, 3.05) is 33.2 Å². The molecule has 2 N–H and O–H groups in total. The molecule has 0 spiro atoms. The van der Waals surface area contributed by atoms with E-state index in [1.165, 1.54) is 50.2 Å². The Labute approximate surface area is 182 Å². The molecule has 0 aromatic carbocycles. The molecular weight excluding hydrogens is 451 g/mol. The van der Waals surface area contributed by atoms with Gasteiger partial charge >= 0.3 is 0 Å². The highest BCUT2D eigenvalue weighted by molar-refractivity contribution is 14.0. The number of nitrogens with one attached hydrogen (secondary N) is 2. The van der Waals surface area contributed by atoms with Crippen LogP contribution in [0.1, 0.15) is 50.1 Å². The van der Waals surface area contributed by atoms with E-state index in [1.54, 1.807) is 0 Å². The summed E-state index contributed by atoms with van der Waals surface area (Å²) in [5.74, 6) is 2.56. The normalized spacial score (nSPS) is 21.0. The van der Waals surface area contributed by atoms with E-state index in [9.17, 15) is 0 Å². The molecule has 1 fully saturated rings. The van der Waals surface area contributed by atoms with Gasteiger partial charge in [-0.15, -0.1) is 24.0 Å². The van der Waals surface area contributed by atoms with E-state index in [2.05, 4.69) is 53.3 Å². The molecule has 2 unspecified atom stereocenters. The molecule has 1 aliphatic rings. The Kier molecular flexibility index (Phi) is 10.7. The summed E-state index contributed by atoms with van der Waals surface area (Å²) in [5.41, 5.74) is 3.54. The lowest BCUT2D eigenvalue weighted by molar-refractivity contribution is 0.139. The summed E-state index contributed by atoms with van der Waals surface area (Å²) < 4.78 is 1.94. The quantitative estimate of drug-likeness (QED) is 0.267. The van der Waals surface area contributed by atoms with Gasteiger partial charge in [0.2, 0.25) is 0 Å². The van der Waals surface area contributed by atoms with Gasteiger partial charge < -0.3 is 15.5 Å². The van der Waals surface area contributed by atoms with Crippen molar-refractivity contribution in [2.45, 2.75) is 53.5 Å². The predicted molar refractivity (Wildman–Crippen MR) is 125 cm³/mol. The van der Waals surface area contributed by atoms with Gasteiger partial charge in [-0.1, -0.05) is 13.8 Å². The lowest BCUT2D eigenvalue weighted by Gasteiger charge is -2.34. The topological polar surface area (TPSA) is 57.5 Å². The monoisotopic (exact) mass is 490 g/mol. The number of hydrogen-bond donors (Lipinski definition) is 2. The number of aliphatic imine (C=N–C) groups is 1. The molecule has 156 valence electrons. The van der Waals surface area contributed by atoms with E-state index in [0.717, 1.165) is 36.6 Å². The van der Waals surface area contributed by atoms with Crippen LogP contribution >= 0.6 is 24.0 Å². The maximum absolute atomic E-state index is 4.47. The Morgan fingerprint density at radius 1 is 1.15 bits per heavy atom. The van der Waals surface area contributed by atoms with Crippen LogP contribution in [0.5, 0.6) is 0 Å². The summed E-state index contributed by atoms with van der Waals surface area (Å²) >= 11 is 0. The molecule has 1 aromatic heterocycles. The molecule has 0 bridgehead atoms. The van der Waals surface area contributed by atoms with Crippen LogP contribution in [0, 0.1) is 25.7 Å². The average Bonchev–Trinajstić information content (AvgIpc) is 2.82. The van der Waals surface area contributed by atoms with Gasteiger partial charge in [-0.05, 0) is 51.5 Å². The number of aromatic nitrogens is 2. The zero-order valence-corrected chi connectivity index (χ0v) is 20.3. The Balaban J connectivity index is 0.00000364. The summed E-state index contributed by atoms with van der Waals surface area (Å²) in [5, 5.41) is 11.3. The maximum atomic E-state index is 4.47. The van der Waals surface area contributed by atoms with Crippen LogP contribution in [0.4, 0.5) is 0 Å². The van der Waals surface area contributed by atoms with Crippen molar-refractivity contribution in [1.82, 2.24) is 25.3 Å². The minimum Gasteiger partial charge on any atom is -0.356 e. The highest BCUT2D eigenvalue weighted by Gasteiger charge is 2.20. The number of aryl methyl sites for hydroxylation is 2. The van der Waals surface area contributed by atoms with E-state index >= 15 is 0 Å². The fraction of sp³-hybridized carbons (Fsp3) is 0.800. The third-order valence-electron chi connectivity index (χ3n) is 5.45. The molecule has 6 nitrogen and oxygen atoms in total. The number of halogens is 1. The second kappa shape index (κ2) is 11.9. The summed E-state index contributed by atoms with van der Waals surface area (Å²) in [6, 6.07) is 0. The molecule has 0 amide bonds. The molecule has 7 heteroatoms. The van der Waals surface area contributed by atoms with Crippen molar-refractivity contribution in [3.8, 4) is 0 Å². The first-order valence-electron chi connectivity index (χ1n) is 10.1. The van der Waals surface area contributed by atoms with E-state index in [-0.39, 0.29) is 24.0 Å². The van der Waals surface area contributed by atoms with Gasteiger partial charge in [0.25, 0.3) is 0 Å². The molecule has 1 aliphatic heterocycles. The summed E-state index contributed by atoms with van der Waals surface area (Å²) in [6.07, 6.45) is 3.80. The van der Waals surface area contributed by atoms with Crippen LogP contribution in [0.25, 0.3) is 0 Å². The molecule has 0 aliphatic carbocycles. The van der Waals surface area contributed by atoms with E-state index in [1.807, 2.05) is 18.8 Å². The number of hydrogen-bond acceptors (Lipinski definition) is 3. The van der Waals surface area contributed by atoms with E-state index in [4.69, 9.17) is 0 Å². The molecule has 0 saturated carbocycles. The van der Waals surface area contributed by atoms with Crippen LogP contribution in [-0.2, 0) is 13.6 Å². The molecule has 2 atom stereocenters. The van der Waals surface area contributed by atoms with Gasteiger partial charge in [0, 0.05) is 51.5 Å². The number of nitrogens with zero attached hydrogens (tertiary/aromatic N) is 4. The summed E-state index contributed by atoms with van der Waals surface area (Å²) in [6.45, 7) is 14.4. The largest absolute Gasteiger partial charge is 0.356 e. The Bertz CT molecular complexity index is 588. The minimum atomic E-state index is 0. The first kappa shape index (κ1) is 24.2. The lowest BCUT2D eigenvalue weighted by Crippen LogP contribution is -2.40. The van der Waals surface area contributed by atoms with Gasteiger partial charge in [0.05, 0.1) is 5.69 Å². The van der Waals surface area contributed by atoms with Gasteiger partial charge in [-0.2, -0.15) is 5.10 Å². The summed E-state index contributed by atoms with van der Waals surface area (Å²) in [4.78, 5) is 6.97. The van der Waals surface area contributed by atoms with Crippen LogP contribution in [0.3, 0.4) is 0 Å². The third-order valence-corrected chi connectivity index (χ3v) is 5.45. The average molecular weight is 490 g/mol. The number of piperidine rings is 1. The van der Waals surface area contributed by atoms with Crippen molar-refractivity contribution >= 4 is 29.9 Å². The number of rotatable bonds is 7. The predicted octanol–water partition coefficient (Wildman–Crippen LogP) is 3.08. The fourth-order valence-electron chi connectivity index (χ4n) is 4.11. The first-order chi connectivity index (χ1) is 12.4. The lowest BCUT2D eigenvalue weighted by atomic mass is 9.92. The van der Waals surface area contributed by atoms with Gasteiger partial charge in [0.15, 0.2) is 5.96 Å². The SMILES string of the molecule is CN=C(NCCCCN1CC(C)CC(C)C1)NCc1c(C)nn(C)c1C.I. The number of likely N-dealkylation sites (tertiary alicyclic amines) is 1. The zero-order valence-electron chi connectivity index (χ0n) is 18.0. The standard InChI is InChI=1S/C20H38N6.HI/c1-15-11-16(2)14-26(13-15)10-8-7-9-22-20(21-5)23-12-19-17(3)24-25(6)18(19)4;/h15-16H,7-14H2,1-6H3,(H2,21,22,23);1H. The zero-order chi connectivity index (χ0) is 19.1. The van der Waals surface area contributed by atoms with E-state index < -0.39 is 0 Å². The van der Waals surface area contributed by atoms with Crippen molar-refractivity contribution in [1.29, 1.82) is 0 Å². The Morgan fingerprint density at radius 3 is 2.37 bits per heavy atom. The third kappa shape index (κ3) is 7.60. The van der Waals surface area contributed by atoms with Crippen LogP contribution in [0.2, 0.25) is 0 Å². The molecule has 27 heavy (non-hydrogen) atoms. The highest BCUT2D eigenvalue weighted by Crippen LogP contribution is 2.20. The second-order valence-electron chi connectivity index (χ2n) is 8.04. The van der Waals surface area contributed by atoms with Gasteiger partial charge in [0.1, 0.15) is 0 Å². The smallest absolute Gasteiger partial charge is 0.191 e. The van der Waals surface area contributed by atoms with Crippen LogP contribution in [-0.4, -0.2) is 53.9 Å². The Hall–Kier alpha value is -0.830. The van der Waals surface area contributed by atoms with Crippen molar-refractivity contribution < 1.29 is 0 Å². The molecule has 2 rings (SSSR count). The second-order valence-corrected chi connectivity index (χ2v) is 8.04. The van der Waals surface area contributed by atoms with Crippen molar-refractivity contribution in [2.24, 2.45) is 23.9 Å². The molecule has 2 heterocycles. The maximum Gasteiger partial charge on any atom is 0.191 e. The molecular formula is C20H39IN6. The van der Waals surface area contributed by atoms with Crippen molar-refractivity contribution in [3.05, 3.63) is 17.0 Å². The van der Waals surface area contributed by atoms with Gasteiger partial charge in [-0.3, -0.25) is 9.67 Å². The first-order valence-corrected chi connectivity index (χ1v) is 10.1. The molecule has 0 radical (unpaired) electrons. The minimum absolute atomic E-state index is 0. The van der Waals surface area contributed by atoms with Crippen LogP contribution in [0.15, 0.2) is 4.99 Å².